The van der Waals surface area contributed by atoms with E-state index in [1.807, 2.05) is 13.8 Å². The molecule has 0 aromatic rings. The summed E-state index contributed by atoms with van der Waals surface area (Å²) in [6.07, 6.45) is 2.79. The van der Waals surface area contributed by atoms with Crippen LogP contribution in [0.3, 0.4) is 0 Å². The van der Waals surface area contributed by atoms with Gasteiger partial charge >= 0.3 is 5.97 Å². The number of nitrogens with one attached hydrogen (secondary N) is 2. The predicted octanol–water partition coefficient (Wildman–Crippen LogP) is 0.907. The third kappa shape index (κ3) is 4.51. The van der Waals surface area contributed by atoms with E-state index < -0.39 is 23.8 Å². The zero-order valence-electron chi connectivity index (χ0n) is 12.3. The summed E-state index contributed by atoms with van der Waals surface area (Å²) in [6.45, 7) is 5.29. The Kier molecular flexibility index (Phi) is 5.98. The van der Waals surface area contributed by atoms with E-state index in [4.69, 9.17) is 5.11 Å². The molecule has 114 valence electrons. The molecule has 0 heterocycles. The Labute approximate surface area is 119 Å². The Hall–Kier alpha value is -1.59. The number of carboxylic acids is 1. The minimum absolute atomic E-state index is 0.00306. The van der Waals surface area contributed by atoms with Crippen LogP contribution in [0, 0.1) is 11.8 Å². The van der Waals surface area contributed by atoms with E-state index in [1.165, 1.54) is 0 Å². The van der Waals surface area contributed by atoms with E-state index in [2.05, 4.69) is 10.6 Å². The standard InChI is InChI=1S/C14H24N2O4/c1-8(2)15-12(17)9(3)16-13(18)10-6-4-5-7-11(10)14(19)20/h8-11H,4-7H2,1-3H3,(H,15,17)(H,16,18)(H,19,20)/t9?,10-,11+/m1/s1. The fourth-order valence-electron chi connectivity index (χ4n) is 2.54. The van der Waals surface area contributed by atoms with E-state index in [1.54, 1.807) is 6.92 Å². The van der Waals surface area contributed by atoms with Crippen molar-refractivity contribution in [3.8, 4) is 0 Å². The number of hydrogen-bond donors (Lipinski definition) is 3. The maximum atomic E-state index is 12.2. The summed E-state index contributed by atoms with van der Waals surface area (Å²) in [5.74, 6) is -2.68. The maximum Gasteiger partial charge on any atom is 0.307 e. The monoisotopic (exact) mass is 284 g/mol. The molecule has 3 atom stereocenters. The van der Waals surface area contributed by atoms with Crippen LogP contribution in [0.15, 0.2) is 0 Å². The van der Waals surface area contributed by atoms with Gasteiger partial charge in [0.2, 0.25) is 11.8 Å². The first-order chi connectivity index (χ1) is 9.32. The van der Waals surface area contributed by atoms with Crippen molar-refractivity contribution in [2.24, 2.45) is 11.8 Å². The molecule has 1 aliphatic carbocycles. The Morgan fingerprint density at radius 1 is 1.00 bits per heavy atom. The first-order valence-corrected chi connectivity index (χ1v) is 7.16. The summed E-state index contributed by atoms with van der Waals surface area (Å²) in [7, 11) is 0. The van der Waals surface area contributed by atoms with Crippen LogP contribution in [-0.2, 0) is 14.4 Å². The summed E-state index contributed by atoms with van der Waals surface area (Å²) in [5, 5.41) is 14.5. The summed E-state index contributed by atoms with van der Waals surface area (Å²) in [6, 6.07) is -0.649. The van der Waals surface area contributed by atoms with Crippen LogP contribution in [0.1, 0.15) is 46.5 Å². The van der Waals surface area contributed by atoms with Gasteiger partial charge in [-0.1, -0.05) is 12.8 Å². The third-order valence-corrected chi connectivity index (χ3v) is 3.60. The molecule has 2 amide bonds. The number of rotatable bonds is 5. The van der Waals surface area contributed by atoms with Gasteiger partial charge in [0.15, 0.2) is 0 Å². The van der Waals surface area contributed by atoms with Crippen molar-refractivity contribution in [1.82, 2.24) is 10.6 Å². The molecule has 0 aromatic carbocycles. The lowest BCUT2D eigenvalue weighted by atomic mass is 9.78. The van der Waals surface area contributed by atoms with Gasteiger partial charge in [0, 0.05) is 6.04 Å². The number of amides is 2. The lowest BCUT2D eigenvalue weighted by molar-refractivity contribution is -0.149. The third-order valence-electron chi connectivity index (χ3n) is 3.60. The van der Waals surface area contributed by atoms with E-state index >= 15 is 0 Å². The SMILES string of the molecule is CC(C)NC(=O)C(C)NC(=O)[C@@H]1CCCC[C@@H]1C(=O)O. The molecule has 3 N–H and O–H groups in total. The van der Waals surface area contributed by atoms with Gasteiger partial charge in [-0.25, -0.2) is 0 Å². The van der Waals surface area contributed by atoms with Crippen LogP contribution in [-0.4, -0.2) is 35.0 Å². The molecule has 0 saturated heterocycles. The van der Waals surface area contributed by atoms with Crippen LogP contribution < -0.4 is 10.6 Å². The van der Waals surface area contributed by atoms with Crippen LogP contribution in [0.2, 0.25) is 0 Å². The molecular weight excluding hydrogens is 260 g/mol. The average Bonchev–Trinajstić information content (AvgIpc) is 2.37. The summed E-state index contributed by atoms with van der Waals surface area (Å²) >= 11 is 0. The van der Waals surface area contributed by atoms with Crippen LogP contribution in [0.4, 0.5) is 0 Å². The molecule has 1 unspecified atom stereocenters. The molecule has 0 aliphatic heterocycles. The molecule has 0 aromatic heterocycles. The van der Waals surface area contributed by atoms with Gasteiger partial charge in [-0.3, -0.25) is 14.4 Å². The second-order valence-corrected chi connectivity index (χ2v) is 5.73. The van der Waals surface area contributed by atoms with Gasteiger partial charge in [0.1, 0.15) is 6.04 Å². The van der Waals surface area contributed by atoms with Crippen LogP contribution >= 0.6 is 0 Å². The van der Waals surface area contributed by atoms with Crippen molar-refractivity contribution in [1.29, 1.82) is 0 Å². The fraction of sp³-hybridized carbons (Fsp3) is 0.786. The summed E-state index contributed by atoms with van der Waals surface area (Å²) in [4.78, 5) is 35.1. The van der Waals surface area contributed by atoms with Crippen molar-refractivity contribution < 1.29 is 19.5 Å². The van der Waals surface area contributed by atoms with Crippen molar-refractivity contribution >= 4 is 17.8 Å². The highest BCUT2D eigenvalue weighted by Crippen LogP contribution is 2.30. The van der Waals surface area contributed by atoms with Gasteiger partial charge in [0.25, 0.3) is 0 Å². The zero-order chi connectivity index (χ0) is 15.3. The van der Waals surface area contributed by atoms with Gasteiger partial charge in [-0.2, -0.15) is 0 Å². The van der Waals surface area contributed by atoms with Crippen molar-refractivity contribution in [3.63, 3.8) is 0 Å². The first kappa shape index (κ1) is 16.5. The summed E-state index contributed by atoms with van der Waals surface area (Å²) < 4.78 is 0. The molecule has 0 bridgehead atoms. The second-order valence-electron chi connectivity index (χ2n) is 5.73. The fourth-order valence-corrected chi connectivity index (χ4v) is 2.54. The highest BCUT2D eigenvalue weighted by atomic mass is 16.4. The van der Waals surface area contributed by atoms with Gasteiger partial charge < -0.3 is 15.7 Å². The highest BCUT2D eigenvalue weighted by Gasteiger charge is 2.36. The Bertz CT molecular complexity index is 381. The molecule has 1 aliphatic rings. The van der Waals surface area contributed by atoms with E-state index in [9.17, 15) is 14.4 Å². The largest absolute Gasteiger partial charge is 0.481 e. The number of hydrogen-bond acceptors (Lipinski definition) is 3. The maximum absolute atomic E-state index is 12.2. The molecule has 20 heavy (non-hydrogen) atoms. The Morgan fingerprint density at radius 2 is 1.55 bits per heavy atom. The molecular formula is C14H24N2O4. The number of aliphatic carboxylic acids is 1. The van der Waals surface area contributed by atoms with Crippen LogP contribution in [0.25, 0.3) is 0 Å². The van der Waals surface area contributed by atoms with Crippen LogP contribution in [0.5, 0.6) is 0 Å². The molecule has 1 rings (SSSR count). The topological polar surface area (TPSA) is 95.5 Å². The average molecular weight is 284 g/mol. The minimum Gasteiger partial charge on any atom is -0.481 e. The summed E-state index contributed by atoms with van der Waals surface area (Å²) in [5.41, 5.74) is 0. The molecule has 1 fully saturated rings. The quantitative estimate of drug-likeness (QED) is 0.699. The normalized spacial score (nSPS) is 24.0. The number of carbonyl (C=O) groups is 3. The Morgan fingerprint density at radius 3 is 2.05 bits per heavy atom. The Balaban J connectivity index is 2.60. The smallest absolute Gasteiger partial charge is 0.307 e. The zero-order valence-corrected chi connectivity index (χ0v) is 12.3. The molecule has 0 radical (unpaired) electrons. The second kappa shape index (κ2) is 7.26. The minimum atomic E-state index is -0.927. The molecule has 6 heteroatoms. The van der Waals surface area contributed by atoms with E-state index in [0.717, 1.165) is 12.8 Å². The van der Waals surface area contributed by atoms with E-state index in [0.29, 0.717) is 12.8 Å². The lowest BCUT2D eigenvalue weighted by Crippen LogP contribution is -2.50. The molecule has 1 saturated carbocycles. The lowest BCUT2D eigenvalue weighted by Gasteiger charge is -2.28. The van der Waals surface area contributed by atoms with Gasteiger partial charge in [-0.15, -0.1) is 0 Å². The predicted molar refractivity (Wildman–Crippen MR) is 74.0 cm³/mol. The molecule has 6 nitrogen and oxygen atoms in total. The van der Waals surface area contributed by atoms with Crippen molar-refractivity contribution in [3.05, 3.63) is 0 Å². The van der Waals surface area contributed by atoms with Crippen molar-refractivity contribution in [2.45, 2.75) is 58.5 Å². The van der Waals surface area contributed by atoms with Crippen molar-refractivity contribution in [2.75, 3.05) is 0 Å². The number of carboxylic acid groups (broad SMARTS) is 1. The molecule has 0 spiro atoms. The first-order valence-electron chi connectivity index (χ1n) is 7.16. The number of carbonyl (C=O) groups excluding carboxylic acids is 2. The van der Waals surface area contributed by atoms with Gasteiger partial charge in [0.05, 0.1) is 11.8 Å². The highest BCUT2D eigenvalue weighted by molar-refractivity contribution is 5.90. The van der Waals surface area contributed by atoms with Gasteiger partial charge in [-0.05, 0) is 33.6 Å². The van der Waals surface area contributed by atoms with E-state index in [-0.39, 0.29) is 17.9 Å².